The maximum absolute atomic E-state index is 12.5. The second-order valence-electron chi connectivity index (χ2n) is 5.07. The van der Waals surface area contributed by atoms with Crippen LogP contribution in [-0.2, 0) is 9.59 Å². The first-order valence-corrected chi connectivity index (χ1v) is 7.29. The minimum atomic E-state index is -0.990. The van der Waals surface area contributed by atoms with Gasteiger partial charge in [0.1, 0.15) is 12.1 Å². The molecule has 2 unspecified atom stereocenters. The molecule has 5 nitrogen and oxygen atoms in total. The molecule has 1 aromatic rings. The van der Waals surface area contributed by atoms with E-state index in [1.807, 2.05) is 56.1 Å². The third-order valence-corrected chi connectivity index (χ3v) is 3.50. The number of hydrogen-bond donors (Lipinski definition) is 2. The molecule has 0 saturated heterocycles. The number of hydrogen-bond acceptors (Lipinski definition) is 3. The van der Waals surface area contributed by atoms with Crippen LogP contribution in [0, 0.1) is 0 Å². The Morgan fingerprint density at radius 3 is 2.33 bits per heavy atom. The highest BCUT2D eigenvalue weighted by Gasteiger charge is 2.28. The molecular weight excluding hydrogens is 268 g/mol. The molecule has 2 N–H and O–H groups in total. The summed E-state index contributed by atoms with van der Waals surface area (Å²) in [6.07, 6.45) is 1.13. The van der Waals surface area contributed by atoms with Crippen molar-refractivity contribution >= 4 is 11.9 Å². The minimum Gasteiger partial charge on any atom is -0.480 e. The number of aliphatic carboxylic acids is 1. The largest absolute Gasteiger partial charge is 0.480 e. The summed E-state index contributed by atoms with van der Waals surface area (Å²) in [5.74, 6) is -1.26. The first-order chi connectivity index (χ1) is 10.0. The van der Waals surface area contributed by atoms with Gasteiger partial charge >= 0.3 is 5.97 Å². The molecule has 0 radical (unpaired) electrons. The maximum Gasteiger partial charge on any atom is 0.326 e. The van der Waals surface area contributed by atoms with Crippen LogP contribution in [0.1, 0.15) is 38.3 Å². The van der Waals surface area contributed by atoms with Gasteiger partial charge in [0.2, 0.25) is 5.91 Å². The Hall–Kier alpha value is -1.88. The Morgan fingerprint density at radius 2 is 1.86 bits per heavy atom. The fourth-order valence-corrected chi connectivity index (χ4v) is 2.22. The smallest absolute Gasteiger partial charge is 0.326 e. The molecular formula is C16H24N2O3. The standard InChI is InChI=1S/C16H24N2O3/c1-4-9-13(16(20)21)17-15(19)14(18(3)5-2)12-10-7-6-8-11-12/h6-8,10-11,13-14H,4-5,9H2,1-3H3,(H,17,19)(H,20,21). The quantitative estimate of drug-likeness (QED) is 0.769. The Labute approximate surface area is 126 Å². The van der Waals surface area contributed by atoms with Crippen LogP contribution >= 0.6 is 0 Å². The van der Waals surface area contributed by atoms with Gasteiger partial charge in [-0.3, -0.25) is 9.69 Å². The highest BCUT2D eigenvalue weighted by molar-refractivity contribution is 5.87. The number of benzene rings is 1. The van der Waals surface area contributed by atoms with Gasteiger partial charge in [-0.15, -0.1) is 0 Å². The van der Waals surface area contributed by atoms with Crippen LogP contribution in [0.3, 0.4) is 0 Å². The van der Waals surface area contributed by atoms with E-state index in [2.05, 4.69) is 5.32 Å². The van der Waals surface area contributed by atoms with Gasteiger partial charge < -0.3 is 10.4 Å². The molecule has 0 aliphatic rings. The van der Waals surface area contributed by atoms with Gasteiger partial charge in [0.05, 0.1) is 0 Å². The first-order valence-electron chi connectivity index (χ1n) is 7.29. The third-order valence-electron chi connectivity index (χ3n) is 3.50. The molecule has 1 aromatic carbocycles. The van der Waals surface area contributed by atoms with Crippen molar-refractivity contribution in [2.24, 2.45) is 0 Å². The number of likely N-dealkylation sites (N-methyl/N-ethyl adjacent to an activating group) is 1. The molecule has 2 atom stereocenters. The number of rotatable bonds is 8. The molecule has 0 aromatic heterocycles. The number of carboxylic acids is 1. The number of carbonyl (C=O) groups excluding carboxylic acids is 1. The van der Waals surface area contributed by atoms with Gasteiger partial charge in [-0.2, -0.15) is 0 Å². The number of carbonyl (C=O) groups is 2. The predicted molar refractivity (Wildman–Crippen MR) is 82.0 cm³/mol. The lowest BCUT2D eigenvalue weighted by atomic mass is 10.0. The Morgan fingerprint density at radius 1 is 1.24 bits per heavy atom. The van der Waals surface area contributed by atoms with Gasteiger partial charge in [-0.05, 0) is 25.6 Å². The topological polar surface area (TPSA) is 69.6 Å². The summed E-state index contributed by atoms with van der Waals surface area (Å²) in [6, 6.07) is 8.09. The van der Waals surface area contributed by atoms with E-state index >= 15 is 0 Å². The zero-order valence-electron chi connectivity index (χ0n) is 12.9. The molecule has 0 heterocycles. The van der Waals surface area contributed by atoms with Gasteiger partial charge in [-0.25, -0.2) is 4.79 Å². The highest BCUT2D eigenvalue weighted by Crippen LogP contribution is 2.19. The van der Waals surface area contributed by atoms with E-state index < -0.39 is 18.1 Å². The zero-order chi connectivity index (χ0) is 15.8. The zero-order valence-corrected chi connectivity index (χ0v) is 12.9. The van der Waals surface area contributed by atoms with Crippen LogP contribution in [0.25, 0.3) is 0 Å². The molecule has 5 heteroatoms. The SMILES string of the molecule is CCCC(NC(=O)C(c1ccccc1)N(C)CC)C(=O)O. The van der Waals surface area contributed by atoms with E-state index in [0.717, 1.165) is 5.56 Å². The summed E-state index contributed by atoms with van der Waals surface area (Å²) < 4.78 is 0. The molecule has 116 valence electrons. The monoisotopic (exact) mass is 292 g/mol. The van der Waals surface area contributed by atoms with Crippen molar-refractivity contribution in [1.29, 1.82) is 0 Å². The molecule has 0 fully saturated rings. The number of amides is 1. The molecule has 1 amide bonds. The average molecular weight is 292 g/mol. The number of nitrogens with zero attached hydrogens (tertiary/aromatic N) is 1. The van der Waals surface area contributed by atoms with E-state index in [-0.39, 0.29) is 5.91 Å². The van der Waals surface area contributed by atoms with E-state index in [1.165, 1.54) is 0 Å². The summed E-state index contributed by atoms with van der Waals surface area (Å²) in [6.45, 7) is 4.55. The molecule has 21 heavy (non-hydrogen) atoms. The normalized spacial score (nSPS) is 13.7. The van der Waals surface area contributed by atoms with Crippen molar-refractivity contribution in [3.8, 4) is 0 Å². The van der Waals surface area contributed by atoms with Gasteiger partial charge in [0.15, 0.2) is 0 Å². The Kier molecular flexibility index (Phi) is 6.88. The van der Waals surface area contributed by atoms with Crippen LogP contribution in [-0.4, -0.2) is 41.5 Å². The lowest BCUT2D eigenvalue weighted by Crippen LogP contribution is -2.46. The minimum absolute atomic E-state index is 0.272. The predicted octanol–water partition coefficient (Wildman–Crippen LogP) is 2.05. The second kappa shape index (κ2) is 8.42. The van der Waals surface area contributed by atoms with Crippen molar-refractivity contribution in [3.63, 3.8) is 0 Å². The average Bonchev–Trinajstić information content (AvgIpc) is 2.47. The van der Waals surface area contributed by atoms with Crippen molar-refractivity contribution in [1.82, 2.24) is 10.2 Å². The Bertz CT molecular complexity index is 462. The van der Waals surface area contributed by atoms with E-state index in [4.69, 9.17) is 0 Å². The molecule has 1 rings (SSSR count). The van der Waals surface area contributed by atoms with Crippen LogP contribution < -0.4 is 5.32 Å². The van der Waals surface area contributed by atoms with Crippen LogP contribution in [0.4, 0.5) is 0 Å². The summed E-state index contributed by atoms with van der Waals surface area (Å²) in [4.78, 5) is 25.6. The molecule has 0 saturated carbocycles. The van der Waals surface area contributed by atoms with Gasteiger partial charge in [0, 0.05) is 0 Å². The number of carboxylic acid groups (broad SMARTS) is 1. The van der Waals surface area contributed by atoms with Crippen LogP contribution in [0.15, 0.2) is 30.3 Å². The second-order valence-corrected chi connectivity index (χ2v) is 5.07. The summed E-state index contributed by atoms with van der Waals surface area (Å²) in [7, 11) is 1.85. The lowest BCUT2D eigenvalue weighted by molar-refractivity contribution is -0.142. The van der Waals surface area contributed by atoms with Gasteiger partial charge in [0.25, 0.3) is 0 Å². The van der Waals surface area contributed by atoms with E-state index in [0.29, 0.717) is 19.4 Å². The highest BCUT2D eigenvalue weighted by atomic mass is 16.4. The Balaban J connectivity index is 2.93. The van der Waals surface area contributed by atoms with Crippen LogP contribution in [0.2, 0.25) is 0 Å². The summed E-state index contributed by atoms with van der Waals surface area (Å²) >= 11 is 0. The molecule has 0 bridgehead atoms. The fraction of sp³-hybridized carbons (Fsp3) is 0.500. The van der Waals surface area contributed by atoms with Crippen molar-refractivity contribution in [2.75, 3.05) is 13.6 Å². The lowest BCUT2D eigenvalue weighted by Gasteiger charge is -2.27. The summed E-state index contributed by atoms with van der Waals surface area (Å²) in [5, 5.41) is 11.8. The number of nitrogens with one attached hydrogen (secondary N) is 1. The maximum atomic E-state index is 12.5. The van der Waals surface area contributed by atoms with Crippen molar-refractivity contribution in [2.45, 2.75) is 38.8 Å². The fourth-order valence-electron chi connectivity index (χ4n) is 2.22. The van der Waals surface area contributed by atoms with E-state index in [9.17, 15) is 14.7 Å². The molecule has 0 aliphatic carbocycles. The first kappa shape index (κ1) is 17.2. The molecule has 0 aliphatic heterocycles. The molecule has 0 spiro atoms. The van der Waals surface area contributed by atoms with Crippen molar-refractivity contribution in [3.05, 3.63) is 35.9 Å². The van der Waals surface area contributed by atoms with Crippen molar-refractivity contribution < 1.29 is 14.7 Å². The summed E-state index contributed by atoms with van der Waals surface area (Å²) in [5.41, 5.74) is 0.861. The van der Waals surface area contributed by atoms with E-state index in [1.54, 1.807) is 0 Å². The van der Waals surface area contributed by atoms with Crippen LogP contribution in [0.5, 0.6) is 0 Å². The third kappa shape index (κ3) is 4.86. The van der Waals surface area contributed by atoms with Gasteiger partial charge in [-0.1, -0.05) is 50.6 Å².